The lowest BCUT2D eigenvalue weighted by Gasteiger charge is -2.35. The van der Waals surface area contributed by atoms with Gasteiger partial charge in [0.1, 0.15) is 5.75 Å². The average molecular weight is 352 g/mol. The van der Waals surface area contributed by atoms with Gasteiger partial charge >= 0.3 is 5.97 Å². The molecule has 0 bridgehead atoms. The second kappa shape index (κ2) is 8.43. The number of morpholine rings is 1. The van der Waals surface area contributed by atoms with E-state index >= 15 is 0 Å². The number of ether oxygens (including phenoxy) is 3. The molecular formula is C16H20N2O7. The van der Waals surface area contributed by atoms with E-state index in [2.05, 4.69) is 0 Å². The van der Waals surface area contributed by atoms with Gasteiger partial charge in [0, 0.05) is 25.2 Å². The second-order valence-electron chi connectivity index (χ2n) is 5.76. The number of nitro groups is 1. The van der Waals surface area contributed by atoms with E-state index in [1.807, 2.05) is 13.8 Å². The van der Waals surface area contributed by atoms with Gasteiger partial charge in [0.2, 0.25) is 0 Å². The first-order chi connectivity index (χ1) is 11.8. The molecule has 1 fully saturated rings. The van der Waals surface area contributed by atoms with Gasteiger partial charge < -0.3 is 19.1 Å². The molecule has 0 saturated carbocycles. The second-order valence-corrected chi connectivity index (χ2v) is 5.76. The van der Waals surface area contributed by atoms with Crippen molar-refractivity contribution >= 4 is 17.6 Å². The van der Waals surface area contributed by atoms with Gasteiger partial charge in [-0.15, -0.1) is 0 Å². The van der Waals surface area contributed by atoms with E-state index in [1.165, 1.54) is 24.3 Å². The van der Waals surface area contributed by atoms with E-state index in [-0.39, 0.29) is 37.0 Å². The Morgan fingerprint density at radius 1 is 1.20 bits per heavy atom. The normalized spacial score (nSPS) is 20.0. The van der Waals surface area contributed by atoms with Crippen molar-refractivity contribution in [3.05, 3.63) is 34.4 Å². The van der Waals surface area contributed by atoms with E-state index < -0.39 is 10.9 Å². The Labute approximate surface area is 144 Å². The maximum absolute atomic E-state index is 12.1. The quantitative estimate of drug-likeness (QED) is 0.429. The molecule has 0 aliphatic carbocycles. The standard InChI is InChI=1S/C16H20N2O7/c1-11-7-17(8-12(2)25-11)15(19)9-24-16(20)10-23-14-5-3-13(4-6-14)18(21)22/h3-6,11-12H,7-10H2,1-2H3/t11-,12-/m0/s1. The number of hydrogen-bond acceptors (Lipinski definition) is 7. The fourth-order valence-corrected chi connectivity index (χ4v) is 2.46. The van der Waals surface area contributed by atoms with E-state index in [9.17, 15) is 19.7 Å². The van der Waals surface area contributed by atoms with Gasteiger partial charge in [0.25, 0.3) is 11.6 Å². The minimum absolute atomic E-state index is 0.0612. The van der Waals surface area contributed by atoms with Crippen molar-refractivity contribution in [2.75, 3.05) is 26.3 Å². The van der Waals surface area contributed by atoms with Crippen LogP contribution in [0.2, 0.25) is 0 Å². The fourth-order valence-electron chi connectivity index (χ4n) is 2.46. The van der Waals surface area contributed by atoms with Gasteiger partial charge in [-0.05, 0) is 26.0 Å². The Hall–Kier alpha value is -2.68. The molecule has 2 rings (SSSR count). The van der Waals surface area contributed by atoms with E-state index in [4.69, 9.17) is 14.2 Å². The summed E-state index contributed by atoms with van der Waals surface area (Å²) in [5, 5.41) is 10.5. The van der Waals surface area contributed by atoms with Crippen molar-refractivity contribution in [2.45, 2.75) is 26.1 Å². The van der Waals surface area contributed by atoms with Crippen molar-refractivity contribution in [1.82, 2.24) is 4.90 Å². The summed E-state index contributed by atoms with van der Waals surface area (Å²) in [6, 6.07) is 5.30. The Bertz CT molecular complexity index is 622. The van der Waals surface area contributed by atoms with Crippen LogP contribution in [0.3, 0.4) is 0 Å². The molecule has 0 N–H and O–H groups in total. The van der Waals surface area contributed by atoms with Crippen LogP contribution in [-0.2, 0) is 19.1 Å². The lowest BCUT2D eigenvalue weighted by atomic mass is 10.2. The molecular weight excluding hydrogens is 332 g/mol. The zero-order chi connectivity index (χ0) is 18.4. The Morgan fingerprint density at radius 2 is 1.80 bits per heavy atom. The number of amides is 1. The lowest BCUT2D eigenvalue weighted by Crippen LogP contribution is -2.49. The summed E-state index contributed by atoms with van der Waals surface area (Å²) >= 11 is 0. The molecule has 1 aromatic rings. The number of nitrogens with zero attached hydrogens (tertiary/aromatic N) is 2. The zero-order valence-electron chi connectivity index (χ0n) is 14.0. The van der Waals surface area contributed by atoms with Crippen LogP contribution in [0.25, 0.3) is 0 Å². The topological polar surface area (TPSA) is 108 Å². The monoisotopic (exact) mass is 352 g/mol. The highest BCUT2D eigenvalue weighted by Gasteiger charge is 2.26. The number of carbonyl (C=O) groups excluding carboxylic acids is 2. The average Bonchev–Trinajstić information content (AvgIpc) is 2.57. The number of esters is 1. The van der Waals surface area contributed by atoms with Gasteiger partial charge in [0.15, 0.2) is 13.2 Å². The molecule has 1 aromatic carbocycles. The van der Waals surface area contributed by atoms with Crippen LogP contribution in [-0.4, -0.2) is 60.2 Å². The molecule has 0 unspecified atom stereocenters. The largest absolute Gasteiger partial charge is 0.482 e. The first kappa shape index (κ1) is 18.7. The molecule has 0 radical (unpaired) electrons. The number of non-ortho nitro benzene ring substituents is 1. The smallest absolute Gasteiger partial charge is 0.344 e. The van der Waals surface area contributed by atoms with Crippen LogP contribution in [0.5, 0.6) is 5.75 Å². The van der Waals surface area contributed by atoms with Crippen molar-refractivity contribution in [3.8, 4) is 5.75 Å². The minimum atomic E-state index is -0.693. The summed E-state index contributed by atoms with van der Waals surface area (Å²) in [4.78, 5) is 35.3. The van der Waals surface area contributed by atoms with E-state index in [1.54, 1.807) is 4.90 Å². The highest BCUT2D eigenvalue weighted by Crippen LogP contribution is 2.17. The van der Waals surface area contributed by atoms with Gasteiger partial charge in [-0.1, -0.05) is 0 Å². The third kappa shape index (κ3) is 5.71. The molecule has 1 heterocycles. The lowest BCUT2D eigenvalue weighted by molar-refractivity contribution is -0.384. The predicted molar refractivity (Wildman–Crippen MR) is 86.1 cm³/mol. The summed E-state index contributed by atoms with van der Waals surface area (Å²) in [7, 11) is 0. The van der Waals surface area contributed by atoms with Crippen LogP contribution in [0.15, 0.2) is 24.3 Å². The van der Waals surface area contributed by atoms with Gasteiger partial charge in [-0.25, -0.2) is 4.79 Å². The van der Waals surface area contributed by atoms with E-state index in [0.717, 1.165) is 0 Å². The van der Waals surface area contributed by atoms with Crippen LogP contribution in [0.4, 0.5) is 5.69 Å². The number of benzene rings is 1. The first-order valence-corrected chi connectivity index (χ1v) is 7.81. The SMILES string of the molecule is C[C@H]1CN(C(=O)COC(=O)COc2ccc([N+](=O)[O-])cc2)C[C@H](C)O1. The van der Waals surface area contributed by atoms with Crippen LogP contribution in [0.1, 0.15) is 13.8 Å². The maximum Gasteiger partial charge on any atom is 0.344 e. The van der Waals surface area contributed by atoms with Crippen molar-refractivity contribution in [3.63, 3.8) is 0 Å². The Balaban J connectivity index is 1.73. The summed E-state index contributed by atoms with van der Waals surface area (Å²) < 4.78 is 15.6. The van der Waals surface area contributed by atoms with Crippen molar-refractivity contribution < 1.29 is 28.7 Å². The van der Waals surface area contributed by atoms with Gasteiger partial charge in [-0.3, -0.25) is 14.9 Å². The van der Waals surface area contributed by atoms with E-state index in [0.29, 0.717) is 18.8 Å². The summed E-state index contributed by atoms with van der Waals surface area (Å²) in [5.41, 5.74) is -0.0745. The van der Waals surface area contributed by atoms with Gasteiger partial charge in [0.05, 0.1) is 17.1 Å². The number of hydrogen-bond donors (Lipinski definition) is 0. The molecule has 9 heteroatoms. The minimum Gasteiger partial charge on any atom is -0.482 e. The fraction of sp³-hybridized carbons (Fsp3) is 0.500. The molecule has 9 nitrogen and oxygen atoms in total. The molecule has 1 saturated heterocycles. The zero-order valence-corrected chi connectivity index (χ0v) is 14.0. The molecule has 1 aliphatic rings. The van der Waals surface area contributed by atoms with Crippen molar-refractivity contribution in [2.24, 2.45) is 0 Å². The molecule has 25 heavy (non-hydrogen) atoms. The Kier molecular flexibility index (Phi) is 6.29. The van der Waals surface area contributed by atoms with Crippen LogP contribution >= 0.6 is 0 Å². The molecule has 0 spiro atoms. The molecule has 2 atom stereocenters. The summed E-state index contributed by atoms with van der Waals surface area (Å²) in [5.74, 6) is -0.684. The molecule has 0 aromatic heterocycles. The first-order valence-electron chi connectivity index (χ1n) is 7.81. The van der Waals surface area contributed by atoms with Crippen LogP contribution in [0, 0.1) is 10.1 Å². The molecule has 136 valence electrons. The highest BCUT2D eigenvalue weighted by atomic mass is 16.6. The number of rotatable bonds is 6. The number of carbonyl (C=O) groups is 2. The third-order valence-electron chi connectivity index (χ3n) is 3.53. The van der Waals surface area contributed by atoms with Gasteiger partial charge in [-0.2, -0.15) is 0 Å². The molecule has 1 aliphatic heterocycles. The summed E-state index contributed by atoms with van der Waals surface area (Å²) in [6.07, 6.45) is -0.122. The number of nitro benzene ring substituents is 1. The highest BCUT2D eigenvalue weighted by molar-refractivity contribution is 5.81. The predicted octanol–water partition coefficient (Wildman–Crippen LogP) is 1.15. The maximum atomic E-state index is 12.1. The summed E-state index contributed by atoms with van der Waals surface area (Å²) in [6.45, 7) is 3.92. The third-order valence-corrected chi connectivity index (χ3v) is 3.53. The Morgan fingerprint density at radius 3 is 2.36 bits per heavy atom. The van der Waals surface area contributed by atoms with Crippen molar-refractivity contribution in [1.29, 1.82) is 0 Å². The van der Waals surface area contributed by atoms with Crippen LogP contribution < -0.4 is 4.74 Å². The molecule has 1 amide bonds.